The van der Waals surface area contributed by atoms with Crippen LogP contribution in [0.3, 0.4) is 0 Å². The summed E-state index contributed by atoms with van der Waals surface area (Å²) in [6.07, 6.45) is 1.64. The zero-order valence-electron chi connectivity index (χ0n) is 17.9. The van der Waals surface area contributed by atoms with Gasteiger partial charge in [0.1, 0.15) is 0 Å². The largest absolute Gasteiger partial charge is 0.395 e. The number of hydrogen-bond acceptors (Lipinski definition) is 7. The highest BCUT2D eigenvalue weighted by Crippen LogP contribution is 2.39. The summed E-state index contributed by atoms with van der Waals surface area (Å²) in [5.74, 6) is 0.810. The fourth-order valence-electron chi connectivity index (χ4n) is 4.39. The topological polar surface area (TPSA) is 99.7 Å². The van der Waals surface area contributed by atoms with Gasteiger partial charge < -0.3 is 5.11 Å². The fourth-order valence-corrected chi connectivity index (χ4v) is 4.39. The molecule has 1 amide bonds. The van der Waals surface area contributed by atoms with Crippen LogP contribution in [-0.4, -0.2) is 86.0 Å². The Morgan fingerprint density at radius 2 is 1.75 bits per heavy atom. The van der Waals surface area contributed by atoms with Gasteiger partial charge in [-0.1, -0.05) is 12.1 Å². The molecule has 1 aromatic carbocycles. The Bertz CT molecular complexity index is 1210. The maximum atomic E-state index is 13.7. The molecule has 2 aliphatic rings. The van der Waals surface area contributed by atoms with Crippen molar-refractivity contribution in [3.63, 3.8) is 0 Å². The quantitative estimate of drug-likeness (QED) is 0.626. The number of anilines is 2. The third kappa shape index (κ3) is 3.42. The van der Waals surface area contributed by atoms with Crippen molar-refractivity contribution in [3.05, 3.63) is 53.1 Å². The van der Waals surface area contributed by atoms with E-state index in [0.717, 1.165) is 26.2 Å². The molecular formula is C22H25N7O3. The van der Waals surface area contributed by atoms with Gasteiger partial charge in [0.2, 0.25) is 5.91 Å². The Balaban J connectivity index is 1.55. The molecule has 0 spiro atoms. The molecule has 4 heterocycles. The van der Waals surface area contributed by atoms with E-state index in [4.69, 9.17) is 5.11 Å². The number of fused-ring (bicyclic) bond motifs is 5. The van der Waals surface area contributed by atoms with Gasteiger partial charge in [-0.2, -0.15) is 0 Å². The molecule has 0 saturated carbocycles. The minimum atomic E-state index is -0.281. The maximum Gasteiger partial charge on any atom is 0.350 e. The van der Waals surface area contributed by atoms with Crippen LogP contribution < -0.4 is 10.6 Å². The number of carbonyl (C=O) groups is 1. The number of piperazine rings is 1. The number of rotatable bonds is 4. The Morgan fingerprint density at radius 3 is 2.50 bits per heavy atom. The van der Waals surface area contributed by atoms with Gasteiger partial charge in [0.05, 0.1) is 30.1 Å². The summed E-state index contributed by atoms with van der Waals surface area (Å²) in [5.41, 5.74) is 1.55. The summed E-state index contributed by atoms with van der Waals surface area (Å²) in [4.78, 5) is 37.0. The van der Waals surface area contributed by atoms with Gasteiger partial charge in [-0.05, 0) is 24.3 Å². The van der Waals surface area contributed by atoms with Crippen molar-refractivity contribution >= 4 is 17.4 Å². The van der Waals surface area contributed by atoms with Crippen molar-refractivity contribution in [3.8, 4) is 17.1 Å². The van der Waals surface area contributed by atoms with Crippen LogP contribution in [0.5, 0.6) is 0 Å². The van der Waals surface area contributed by atoms with Gasteiger partial charge in [0.15, 0.2) is 11.6 Å². The van der Waals surface area contributed by atoms with E-state index in [-0.39, 0.29) is 24.7 Å². The summed E-state index contributed by atoms with van der Waals surface area (Å²) < 4.78 is 2.84. The van der Waals surface area contributed by atoms with Crippen LogP contribution in [0.25, 0.3) is 17.1 Å². The van der Waals surface area contributed by atoms with Crippen LogP contribution in [0.2, 0.25) is 0 Å². The van der Waals surface area contributed by atoms with E-state index in [1.807, 2.05) is 30.3 Å². The predicted octanol–water partition coefficient (Wildman–Crippen LogP) is 0.221. The van der Waals surface area contributed by atoms with Gasteiger partial charge in [-0.25, -0.2) is 19.0 Å². The fraction of sp³-hybridized carbons (Fsp3) is 0.364. The molecule has 2 aliphatic heterocycles. The molecule has 5 rings (SSSR count). The smallest absolute Gasteiger partial charge is 0.350 e. The van der Waals surface area contributed by atoms with Gasteiger partial charge in [-0.15, -0.1) is 5.10 Å². The first kappa shape index (κ1) is 20.6. The van der Waals surface area contributed by atoms with E-state index in [9.17, 15) is 9.59 Å². The van der Waals surface area contributed by atoms with Crippen LogP contribution in [0, 0.1) is 0 Å². The minimum Gasteiger partial charge on any atom is -0.395 e. The van der Waals surface area contributed by atoms with Gasteiger partial charge in [-0.3, -0.25) is 19.5 Å². The van der Waals surface area contributed by atoms with Crippen LogP contribution in [0.4, 0.5) is 11.5 Å². The van der Waals surface area contributed by atoms with Gasteiger partial charge in [0.25, 0.3) is 0 Å². The SMILES string of the molecule is Cn1nc2n(c1=O)-c1ccccc1N(C(=O)CN1CCN(CCO)CC1)c1ncccc1-2. The Kier molecular flexibility index (Phi) is 5.33. The highest BCUT2D eigenvalue weighted by Gasteiger charge is 2.33. The second-order valence-electron chi connectivity index (χ2n) is 8.00. The number of aryl methyl sites for hydroxylation is 1. The molecule has 0 radical (unpaired) electrons. The van der Waals surface area contributed by atoms with E-state index in [1.54, 1.807) is 24.2 Å². The van der Waals surface area contributed by atoms with E-state index >= 15 is 0 Å². The Labute approximate surface area is 184 Å². The summed E-state index contributed by atoms with van der Waals surface area (Å²) in [7, 11) is 1.61. The summed E-state index contributed by atoms with van der Waals surface area (Å²) in [5, 5.41) is 13.6. The van der Waals surface area contributed by atoms with E-state index in [1.165, 1.54) is 9.25 Å². The van der Waals surface area contributed by atoms with Gasteiger partial charge >= 0.3 is 5.69 Å². The number of para-hydroxylation sites is 2. The zero-order valence-corrected chi connectivity index (χ0v) is 17.9. The molecule has 0 bridgehead atoms. The summed E-state index contributed by atoms with van der Waals surface area (Å²) >= 11 is 0. The molecule has 3 aromatic rings. The first-order chi connectivity index (χ1) is 15.6. The van der Waals surface area contributed by atoms with Crippen LogP contribution in [0.15, 0.2) is 47.4 Å². The standard InChI is InChI=1S/C22H25N7O3/c1-25-22(32)29-18-7-3-2-6-17(18)28(20-16(21(29)24-25)5-4-8-23-20)19(31)15-27-11-9-26(10-12-27)13-14-30/h2-8,30H,9-15H2,1H3. The Hall–Kier alpha value is -3.34. The van der Waals surface area contributed by atoms with E-state index in [0.29, 0.717) is 35.1 Å². The van der Waals surface area contributed by atoms with E-state index in [2.05, 4.69) is 19.9 Å². The number of pyridine rings is 1. The lowest BCUT2D eigenvalue weighted by atomic mass is 10.2. The third-order valence-electron chi connectivity index (χ3n) is 6.02. The summed E-state index contributed by atoms with van der Waals surface area (Å²) in [6.45, 7) is 4.14. The molecule has 166 valence electrons. The molecule has 0 unspecified atom stereocenters. The number of amides is 1. The van der Waals surface area contributed by atoms with Crippen molar-refractivity contribution in [2.45, 2.75) is 0 Å². The average molecular weight is 435 g/mol. The molecule has 1 N–H and O–H groups in total. The van der Waals surface area contributed by atoms with Crippen molar-refractivity contribution in [1.82, 2.24) is 29.1 Å². The predicted molar refractivity (Wildman–Crippen MR) is 119 cm³/mol. The highest BCUT2D eigenvalue weighted by atomic mass is 16.3. The second-order valence-corrected chi connectivity index (χ2v) is 8.00. The van der Waals surface area contributed by atoms with Crippen molar-refractivity contribution in [2.24, 2.45) is 7.05 Å². The highest BCUT2D eigenvalue weighted by molar-refractivity contribution is 6.06. The molecule has 10 nitrogen and oxygen atoms in total. The molecular weight excluding hydrogens is 410 g/mol. The lowest BCUT2D eigenvalue weighted by Gasteiger charge is -2.35. The average Bonchev–Trinajstić information content (AvgIpc) is 3.03. The Morgan fingerprint density at radius 1 is 1.03 bits per heavy atom. The number of carbonyl (C=O) groups excluding carboxylic acids is 1. The molecule has 32 heavy (non-hydrogen) atoms. The first-order valence-electron chi connectivity index (χ1n) is 10.7. The van der Waals surface area contributed by atoms with Crippen LogP contribution in [0.1, 0.15) is 0 Å². The maximum absolute atomic E-state index is 13.7. The normalized spacial score (nSPS) is 16.2. The molecule has 10 heteroatoms. The number of nitrogens with zero attached hydrogens (tertiary/aromatic N) is 7. The second kappa shape index (κ2) is 8.30. The third-order valence-corrected chi connectivity index (χ3v) is 6.02. The zero-order chi connectivity index (χ0) is 22.2. The number of aliphatic hydroxyl groups excluding tert-OH is 1. The van der Waals surface area contributed by atoms with E-state index < -0.39 is 0 Å². The number of aliphatic hydroxyl groups is 1. The molecule has 1 saturated heterocycles. The van der Waals surface area contributed by atoms with Crippen LogP contribution >= 0.6 is 0 Å². The number of hydrogen-bond donors (Lipinski definition) is 1. The summed E-state index contributed by atoms with van der Waals surface area (Å²) in [6, 6.07) is 11.0. The first-order valence-corrected chi connectivity index (χ1v) is 10.7. The monoisotopic (exact) mass is 435 g/mol. The van der Waals surface area contributed by atoms with Crippen molar-refractivity contribution < 1.29 is 9.90 Å². The molecule has 1 fully saturated rings. The van der Waals surface area contributed by atoms with Crippen molar-refractivity contribution in [2.75, 3.05) is 50.8 Å². The molecule has 0 aliphatic carbocycles. The lowest BCUT2D eigenvalue weighted by molar-refractivity contribution is -0.119. The molecule has 0 atom stereocenters. The van der Waals surface area contributed by atoms with Crippen molar-refractivity contribution in [1.29, 1.82) is 0 Å². The van der Waals surface area contributed by atoms with Crippen LogP contribution in [-0.2, 0) is 11.8 Å². The lowest BCUT2D eigenvalue weighted by Crippen LogP contribution is -2.50. The number of benzene rings is 1. The van der Waals surface area contributed by atoms with Gasteiger partial charge in [0, 0.05) is 46.0 Å². The number of aromatic nitrogens is 4. The number of β-amino-alcohol motifs (C(OH)–C–C–N with tert-alkyl or cyclic N) is 1. The molecule has 2 aromatic heterocycles. The minimum absolute atomic E-state index is 0.115.